The molecule has 6 rings (SSSR count). The smallest absolute Gasteiger partial charge is 0.355 e. The number of halogens is 1. The minimum atomic E-state index is -1.85. The van der Waals surface area contributed by atoms with Crippen LogP contribution in [0.4, 0.5) is 0 Å². The molecule has 10 nitrogen and oxygen atoms in total. The van der Waals surface area contributed by atoms with Crippen LogP contribution in [0.3, 0.4) is 0 Å². The fraction of sp³-hybridized carbons (Fsp3) is 0.200. The van der Waals surface area contributed by atoms with E-state index in [1.54, 1.807) is 29.7 Å². The van der Waals surface area contributed by atoms with Crippen molar-refractivity contribution in [3.05, 3.63) is 98.3 Å². The van der Waals surface area contributed by atoms with Crippen molar-refractivity contribution in [1.29, 1.82) is 0 Å². The Morgan fingerprint density at radius 2 is 1.90 bits per heavy atom. The molecule has 42 heavy (non-hydrogen) atoms. The van der Waals surface area contributed by atoms with Gasteiger partial charge < -0.3 is 19.4 Å². The van der Waals surface area contributed by atoms with Crippen molar-refractivity contribution < 1.29 is 23.9 Å². The van der Waals surface area contributed by atoms with E-state index in [9.17, 15) is 19.2 Å². The molecule has 0 radical (unpaired) electrons. The second kappa shape index (κ2) is 10.7. The van der Waals surface area contributed by atoms with Crippen LogP contribution in [0.2, 0.25) is 5.02 Å². The van der Waals surface area contributed by atoms with Crippen LogP contribution in [0.1, 0.15) is 40.4 Å². The summed E-state index contributed by atoms with van der Waals surface area (Å²) in [7, 11) is 0. The number of nitrogens with one attached hydrogen (secondary N) is 2. The summed E-state index contributed by atoms with van der Waals surface area (Å²) in [5, 5.41) is 6.40. The average molecular weight is 603 g/mol. The van der Waals surface area contributed by atoms with Crippen molar-refractivity contribution in [3.8, 4) is 11.4 Å². The molecule has 0 unspecified atom stereocenters. The number of benzene rings is 2. The van der Waals surface area contributed by atoms with Crippen LogP contribution in [0.25, 0.3) is 22.3 Å². The lowest BCUT2D eigenvalue weighted by Gasteiger charge is -2.35. The van der Waals surface area contributed by atoms with Crippen LogP contribution in [0, 0.1) is 0 Å². The van der Waals surface area contributed by atoms with Gasteiger partial charge in [-0.15, -0.1) is 0 Å². The molecular formula is C30H23ClN4O6S. The molecule has 0 fully saturated rings. The van der Waals surface area contributed by atoms with Crippen molar-refractivity contribution in [2.24, 2.45) is 0 Å². The first kappa shape index (κ1) is 27.6. The van der Waals surface area contributed by atoms with Gasteiger partial charge in [0.2, 0.25) is 5.60 Å². The number of fused-ring (bicyclic) bond motifs is 5. The first-order valence-corrected chi connectivity index (χ1v) is 13.9. The quantitative estimate of drug-likeness (QED) is 0.229. The van der Waals surface area contributed by atoms with Crippen molar-refractivity contribution >= 4 is 57.7 Å². The summed E-state index contributed by atoms with van der Waals surface area (Å²) in [6, 6.07) is 17.5. The summed E-state index contributed by atoms with van der Waals surface area (Å²) in [5.41, 5.74) is 1.45. The van der Waals surface area contributed by atoms with Crippen LogP contribution in [0.15, 0.2) is 65.5 Å². The highest BCUT2D eigenvalue weighted by Crippen LogP contribution is 2.40. The topological polar surface area (TPSA) is 129 Å². The number of ether oxygens (including phenoxy) is 2. The van der Waals surface area contributed by atoms with E-state index in [4.69, 9.17) is 38.3 Å². The third-order valence-electron chi connectivity index (χ3n) is 7.40. The number of hydrogen-bond acceptors (Lipinski definition) is 8. The van der Waals surface area contributed by atoms with E-state index in [-0.39, 0.29) is 34.8 Å². The van der Waals surface area contributed by atoms with Gasteiger partial charge in [-0.3, -0.25) is 19.7 Å². The Labute approximate surface area is 249 Å². The highest BCUT2D eigenvalue weighted by molar-refractivity contribution is 7.80. The maximum atomic E-state index is 13.6. The number of hydrogen-bond donors (Lipinski definition) is 2. The SMILES string of the molecule is CC[C@@]1(OC(=O)CNC(=S)NC(=O)c2ccc(Cl)cc2)C(=O)OCc2c1cc1n(c2=O)Cc2cc3ccccc3nc2-1. The highest BCUT2D eigenvalue weighted by atomic mass is 35.5. The van der Waals surface area contributed by atoms with E-state index >= 15 is 0 Å². The van der Waals surface area contributed by atoms with Crippen LogP contribution in [-0.4, -0.2) is 39.1 Å². The molecule has 0 saturated carbocycles. The second-order valence-corrected chi connectivity index (χ2v) is 10.7. The molecule has 12 heteroatoms. The van der Waals surface area contributed by atoms with E-state index in [0.717, 1.165) is 16.5 Å². The number of rotatable bonds is 5. The van der Waals surface area contributed by atoms with Crippen molar-refractivity contribution in [1.82, 2.24) is 20.2 Å². The van der Waals surface area contributed by atoms with Gasteiger partial charge in [0.15, 0.2) is 5.11 Å². The van der Waals surface area contributed by atoms with Crippen LogP contribution in [-0.2, 0) is 37.8 Å². The zero-order chi connectivity index (χ0) is 29.6. The molecule has 0 aliphatic carbocycles. The molecule has 0 saturated heterocycles. The van der Waals surface area contributed by atoms with Crippen LogP contribution in [0.5, 0.6) is 0 Å². The first-order valence-electron chi connectivity index (χ1n) is 13.1. The predicted molar refractivity (Wildman–Crippen MR) is 158 cm³/mol. The summed E-state index contributed by atoms with van der Waals surface area (Å²) < 4.78 is 12.7. The molecule has 2 aromatic heterocycles. The number of aromatic nitrogens is 2. The minimum Gasteiger partial charge on any atom is -0.457 e. The van der Waals surface area contributed by atoms with Crippen molar-refractivity contribution in [2.45, 2.75) is 32.1 Å². The van der Waals surface area contributed by atoms with Crippen LogP contribution >= 0.6 is 23.8 Å². The maximum Gasteiger partial charge on any atom is 0.355 e. The Morgan fingerprint density at radius 3 is 2.67 bits per heavy atom. The molecule has 2 aromatic carbocycles. The monoisotopic (exact) mass is 602 g/mol. The van der Waals surface area contributed by atoms with Gasteiger partial charge in [0.25, 0.3) is 11.5 Å². The van der Waals surface area contributed by atoms with Crippen molar-refractivity contribution in [3.63, 3.8) is 0 Å². The molecule has 0 spiro atoms. The first-order chi connectivity index (χ1) is 20.2. The third kappa shape index (κ3) is 4.70. The largest absolute Gasteiger partial charge is 0.457 e. The fourth-order valence-electron chi connectivity index (χ4n) is 5.29. The summed E-state index contributed by atoms with van der Waals surface area (Å²) in [6.07, 6.45) is 0.0171. The molecule has 212 valence electrons. The number of cyclic esters (lactones) is 1. The van der Waals surface area contributed by atoms with Crippen molar-refractivity contribution in [2.75, 3.05) is 6.54 Å². The van der Waals surface area contributed by atoms with Gasteiger partial charge >= 0.3 is 11.9 Å². The molecule has 2 aliphatic heterocycles. The Kier molecular flexibility index (Phi) is 6.99. The lowest BCUT2D eigenvalue weighted by molar-refractivity contribution is -0.188. The van der Waals surface area contributed by atoms with E-state index < -0.39 is 30.0 Å². The lowest BCUT2D eigenvalue weighted by atomic mass is 9.85. The molecule has 4 aromatic rings. The summed E-state index contributed by atoms with van der Waals surface area (Å²) >= 11 is 11.0. The van der Waals surface area contributed by atoms with Gasteiger partial charge in [-0.05, 0) is 61.1 Å². The Balaban J connectivity index is 1.25. The Hall–Kier alpha value is -4.61. The number of carbonyl (C=O) groups is 3. The molecule has 1 atom stereocenters. The summed E-state index contributed by atoms with van der Waals surface area (Å²) in [6.45, 7) is 1.30. The van der Waals surface area contributed by atoms with Gasteiger partial charge in [-0.25, -0.2) is 9.78 Å². The van der Waals surface area contributed by atoms with E-state index in [1.807, 2.05) is 30.3 Å². The number of carbonyl (C=O) groups excluding carboxylic acids is 3. The third-order valence-corrected chi connectivity index (χ3v) is 7.90. The lowest BCUT2D eigenvalue weighted by Crippen LogP contribution is -2.49. The Bertz CT molecular complexity index is 1870. The summed E-state index contributed by atoms with van der Waals surface area (Å²) in [5.74, 6) is -2.11. The Morgan fingerprint density at radius 1 is 1.14 bits per heavy atom. The van der Waals surface area contributed by atoms with Gasteiger partial charge in [-0.2, -0.15) is 0 Å². The maximum absolute atomic E-state index is 13.6. The van der Waals surface area contributed by atoms with Gasteiger partial charge in [0, 0.05) is 27.1 Å². The van der Waals surface area contributed by atoms with Gasteiger partial charge in [0.05, 0.1) is 29.0 Å². The minimum absolute atomic E-state index is 0.0171. The average Bonchev–Trinajstić information content (AvgIpc) is 3.34. The van der Waals surface area contributed by atoms with Gasteiger partial charge in [-0.1, -0.05) is 36.7 Å². The summed E-state index contributed by atoms with van der Waals surface area (Å²) in [4.78, 5) is 57.1. The highest BCUT2D eigenvalue weighted by Gasteiger charge is 2.50. The fourth-order valence-corrected chi connectivity index (χ4v) is 5.58. The molecule has 2 aliphatic rings. The molecule has 0 bridgehead atoms. The number of esters is 2. The number of thiocarbonyl (C=S) groups is 1. The molecular weight excluding hydrogens is 580 g/mol. The second-order valence-electron chi connectivity index (χ2n) is 9.88. The zero-order valence-electron chi connectivity index (χ0n) is 22.2. The number of para-hydroxylation sites is 1. The number of pyridine rings is 2. The molecule has 4 heterocycles. The molecule has 1 amide bonds. The number of nitrogens with zero attached hydrogens (tertiary/aromatic N) is 2. The number of amides is 1. The normalized spacial score (nSPS) is 16.6. The van der Waals surface area contributed by atoms with E-state index in [0.29, 0.717) is 28.5 Å². The van der Waals surface area contributed by atoms with Gasteiger partial charge in [0.1, 0.15) is 13.2 Å². The molecule has 2 N–H and O–H groups in total. The van der Waals surface area contributed by atoms with E-state index in [1.165, 1.54) is 12.1 Å². The standard InChI is InChI=1S/C30H23ClN4O6S/c1-2-30(41-24(36)13-32-29(42)34-26(37)16-7-9-19(31)10-8-16)21-12-23-25-18(11-17-5-3-4-6-22(17)33-25)14-35(23)27(38)20(21)15-40-28(30)39/h3-12H,2,13-15H2,1H3,(H2,32,34,37,42)/t30-/m0/s1. The predicted octanol–water partition coefficient (Wildman–Crippen LogP) is 3.59. The zero-order valence-corrected chi connectivity index (χ0v) is 23.8. The van der Waals surface area contributed by atoms with E-state index in [2.05, 4.69) is 10.6 Å². The van der Waals surface area contributed by atoms with Crippen LogP contribution < -0.4 is 16.2 Å².